The predicted molar refractivity (Wildman–Crippen MR) is 101 cm³/mol. The first kappa shape index (κ1) is 20.0. The number of aryl methyl sites for hydroxylation is 3. The van der Waals surface area contributed by atoms with Gasteiger partial charge in [-0.1, -0.05) is 23.7 Å². The summed E-state index contributed by atoms with van der Waals surface area (Å²) in [6, 6.07) is 7.64. The van der Waals surface area contributed by atoms with E-state index in [1.54, 1.807) is 18.4 Å². The third-order valence-electron chi connectivity index (χ3n) is 4.05. The normalized spacial score (nSPS) is 10.6. The Morgan fingerprint density at radius 3 is 2.50 bits per heavy atom. The van der Waals surface area contributed by atoms with Crippen LogP contribution in [0.25, 0.3) is 0 Å². The molecule has 0 N–H and O–H groups in total. The fourth-order valence-electron chi connectivity index (χ4n) is 2.91. The summed E-state index contributed by atoms with van der Waals surface area (Å²) in [6.07, 6.45) is 3.29. The number of ether oxygens (including phenoxy) is 2. The molecule has 2 aromatic rings. The van der Waals surface area contributed by atoms with Crippen molar-refractivity contribution in [2.24, 2.45) is 7.05 Å². The van der Waals surface area contributed by atoms with Gasteiger partial charge >= 0.3 is 11.9 Å². The Kier molecular flexibility index (Phi) is 7.27. The second-order valence-electron chi connectivity index (χ2n) is 5.92. The molecule has 0 saturated carbocycles. The van der Waals surface area contributed by atoms with Crippen LogP contribution in [0.3, 0.4) is 0 Å². The van der Waals surface area contributed by atoms with Crippen LogP contribution < -0.4 is 0 Å². The van der Waals surface area contributed by atoms with Crippen molar-refractivity contribution >= 4 is 23.5 Å². The Hall–Kier alpha value is -2.27. The van der Waals surface area contributed by atoms with Crippen LogP contribution >= 0.6 is 11.6 Å². The number of esters is 2. The molecule has 140 valence electrons. The maximum absolute atomic E-state index is 12.5. The summed E-state index contributed by atoms with van der Waals surface area (Å²) in [6.45, 7) is 4.10. The number of hydrogen-bond donors (Lipinski definition) is 0. The van der Waals surface area contributed by atoms with Crippen molar-refractivity contribution < 1.29 is 19.1 Å². The minimum atomic E-state index is -0.409. The lowest BCUT2D eigenvalue weighted by Gasteiger charge is -2.09. The fourth-order valence-corrected chi connectivity index (χ4v) is 3.13. The Balaban J connectivity index is 2.29. The standard InChI is InChI=1S/C20H24ClNO4/c1-4-25-18(23)12-17-19(20(24)26-5-2)15(13-22(17)3)10-9-14-7-6-8-16(21)11-14/h6-8,11,13H,4-5,9-10,12H2,1-3H3. The largest absolute Gasteiger partial charge is 0.466 e. The topological polar surface area (TPSA) is 57.5 Å². The third-order valence-corrected chi connectivity index (χ3v) is 4.29. The summed E-state index contributed by atoms with van der Waals surface area (Å²) in [5.74, 6) is -0.769. The van der Waals surface area contributed by atoms with Crippen LogP contribution in [0.5, 0.6) is 0 Å². The molecule has 0 saturated heterocycles. The summed E-state index contributed by atoms with van der Waals surface area (Å²) in [5, 5.41) is 0.684. The van der Waals surface area contributed by atoms with E-state index in [4.69, 9.17) is 21.1 Å². The first-order valence-electron chi connectivity index (χ1n) is 8.70. The predicted octanol–water partition coefficient (Wildman–Crippen LogP) is 3.75. The number of aromatic nitrogens is 1. The monoisotopic (exact) mass is 377 g/mol. The highest BCUT2D eigenvalue weighted by Gasteiger charge is 2.23. The average Bonchev–Trinajstić information content (AvgIpc) is 2.89. The smallest absolute Gasteiger partial charge is 0.340 e. The van der Waals surface area contributed by atoms with E-state index in [1.807, 2.05) is 37.5 Å². The van der Waals surface area contributed by atoms with Gasteiger partial charge in [-0.25, -0.2) is 4.79 Å². The zero-order chi connectivity index (χ0) is 19.1. The second kappa shape index (κ2) is 9.43. The molecule has 0 unspecified atom stereocenters. The number of carbonyl (C=O) groups excluding carboxylic acids is 2. The van der Waals surface area contributed by atoms with Gasteiger partial charge in [0.2, 0.25) is 0 Å². The Morgan fingerprint density at radius 2 is 1.85 bits per heavy atom. The molecule has 1 heterocycles. The van der Waals surface area contributed by atoms with Gasteiger partial charge in [0.25, 0.3) is 0 Å². The Morgan fingerprint density at radius 1 is 1.12 bits per heavy atom. The van der Waals surface area contributed by atoms with Crippen LogP contribution in [-0.2, 0) is 40.6 Å². The minimum absolute atomic E-state index is 0.0374. The van der Waals surface area contributed by atoms with Crippen LogP contribution in [0.4, 0.5) is 0 Å². The zero-order valence-electron chi connectivity index (χ0n) is 15.4. The van der Waals surface area contributed by atoms with Crippen molar-refractivity contribution in [3.63, 3.8) is 0 Å². The highest BCUT2D eigenvalue weighted by molar-refractivity contribution is 6.30. The van der Waals surface area contributed by atoms with Gasteiger partial charge in [-0.2, -0.15) is 0 Å². The molecule has 6 heteroatoms. The van der Waals surface area contributed by atoms with Gasteiger partial charge in [-0.05, 0) is 49.9 Å². The van der Waals surface area contributed by atoms with Crippen molar-refractivity contribution in [1.29, 1.82) is 0 Å². The van der Waals surface area contributed by atoms with E-state index >= 15 is 0 Å². The Bertz CT molecular complexity index is 782. The third kappa shape index (κ3) is 5.11. The maximum Gasteiger partial charge on any atom is 0.340 e. The molecule has 0 radical (unpaired) electrons. The van der Waals surface area contributed by atoms with Crippen LogP contribution in [0, 0.1) is 0 Å². The molecule has 26 heavy (non-hydrogen) atoms. The summed E-state index contributed by atoms with van der Waals surface area (Å²) < 4.78 is 12.0. The molecular formula is C20H24ClNO4. The number of halogens is 1. The summed E-state index contributed by atoms with van der Waals surface area (Å²) >= 11 is 6.04. The molecule has 0 bridgehead atoms. The Labute approximate surface area is 158 Å². The van der Waals surface area contributed by atoms with Crippen molar-refractivity contribution in [2.75, 3.05) is 13.2 Å². The number of hydrogen-bond acceptors (Lipinski definition) is 4. The van der Waals surface area contributed by atoms with E-state index in [9.17, 15) is 9.59 Å². The van der Waals surface area contributed by atoms with Gasteiger partial charge in [0.1, 0.15) is 0 Å². The van der Waals surface area contributed by atoms with Gasteiger partial charge in [-0.3, -0.25) is 4.79 Å². The molecule has 2 rings (SSSR count). The van der Waals surface area contributed by atoms with E-state index in [1.165, 1.54) is 0 Å². The first-order valence-corrected chi connectivity index (χ1v) is 9.08. The molecule has 0 aliphatic rings. The van der Waals surface area contributed by atoms with Gasteiger partial charge in [-0.15, -0.1) is 0 Å². The molecule has 0 aliphatic heterocycles. The molecule has 5 nitrogen and oxygen atoms in total. The summed E-state index contributed by atoms with van der Waals surface area (Å²) in [5.41, 5.74) is 3.01. The maximum atomic E-state index is 12.5. The second-order valence-corrected chi connectivity index (χ2v) is 6.36. The summed E-state index contributed by atoms with van der Waals surface area (Å²) in [7, 11) is 1.82. The molecule has 0 spiro atoms. The number of carbonyl (C=O) groups is 2. The molecule has 0 fully saturated rings. The summed E-state index contributed by atoms with van der Waals surface area (Å²) in [4.78, 5) is 24.4. The number of benzene rings is 1. The lowest BCUT2D eigenvalue weighted by Crippen LogP contribution is -2.15. The minimum Gasteiger partial charge on any atom is -0.466 e. The quantitative estimate of drug-likeness (QED) is 0.657. The van der Waals surface area contributed by atoms with E-state index in [0.717, 1.165) is 17.5 Å². The lowest BCUT2D eigenvalue weighted by atomic mass is 10.0. The SMILES string of the molecule is CCOC(=O)Cc1c(C(=O)OCC)c(CCc2cccc(Cl)c2)cn1C. The van der Waals surface area contributed by atoms with Gasteiger partial charge in [0, 0.05) is 24.0 Å². The average molecular weight is 378 g/mol. The molecule has 0 amide bonds. The molecule has 0 atom stereocenters. The lowest BCUT2D eigenvalue weighted by molar-refractivity contribution is -0.142. The molecule has 0 aliphatic carbocycles. The van der Waals surface area contributed by atoms with E-state index in [2.05, 4.69) is 0 Å². The van der Waals surface area contributed by atoms with Crippen molar-refractivity contribution in [3.8, 4) is 0 Å². The van der Waals surface area contributed by atoms with Crippen LogP contribution in [0.1, 0.15) is 41.0 Å². The van der Waals surface area contributed by atoms with Crippen molar-refractivity contribution in [1.82, 2.24) is 4.57 Å². The van der Waals surface area contributed by atoms with Crippen molar-refractivity contribution in [3.05, 3.63) is 57.9 Å². The van der Waals surface area contributed by atoms with Gasteiger partial charge < -0.3 is 14.0 Å². The number of nitrogens with zero attached hydrogens (tertiary/aromatic N) is 1. The van der Waals surface area contributed by atoms with Gasteiger partial charge in [0.15, 0.2) is 0 Å². The van der Waals surface area contributed by atoms with Crippen LogP contribution in [-0.4, -0.2) is 29.7 Å². The highest BCUT2D eigenvalue weighted by Crippen LogP contribution is 2.22. The van der Waals surface area contributed by atoms with E-state index in [-0.39, 0.29) is 19.0 Å². The zero-order valence-corrected chi connectivity index (χ0v) is 16.1. The fraction of sp³-hybridized carbons (Fsp3) is 0.400. The molecule has 1 aromatic carbocycles. The number of rotatable bonds is 8. The van der Waals surface area contributed by atoms with Crippen LogP contribution in [0.15, 0.2) is 30.5 Å². The first-order chi connectivity index (χ1) is 12.5. The van der Waals surface area contributed by atoms with Crippen molar-refractivity contribution in [2.45, 2.75) is 33.1 Å². The highest BCUT2D eigenvalue weighted by atomic mass is 35.5. The van der Waals surface area contributed by atoms with E-state index < -0.39 is 5.97 Å². The van der Waals surface area contributed by atoms with Crippen LogP contribution in [0.2, 0.25) is 5.02 Å². The van der Waals surface area contributed by atoms with Gasteiger partial charge in [0.05, 0.1) is 25.2 Å². The molecule has 1 aromatic heterocycles. The van der Waals surface area contributed by atoms with E-state index in [0.29, 0.717) is 29.3 Å². The molecular weight excluding hydrogens is 354 g/mol.